The summed E-state index contributed by atoms with van der Waals surface area (Å²) < 4.78 is 55.6. The maximum Gasteiger partial charge on any atom is 0.522 e. The molecule has 1 heterocycles. The van der Waals surface area contributed by atoms with E-state index in [2.05, 4.69) is 26.0 Å². The summed E-state index contributed by atoms with van der Waals surface area (Å²) in [6, 6.07) is -2.77. The largest absolute Gasteiger partial charge is 0.522 e. The molecule has 4 aliphatic rings. The molecule has 0 unspecified atom stereocenters. The molecule has 220 valence electrons. The third-order valence-electron chi connectivity index (χ3n) is 7.83. The lowest BCUT2D eigenvalue weighted by atomic mass is 9.64. The van der Waals surface area contributed by atoms with E-state index in [1.165, 1.54) is 0 Å². The second-order valence-electron chi connectivity index (χ2n) is 11.3. The number of hydrogen-bond acceptors (Lipinski definition) is 6. The van der Waals surface area contributed by atoms with Crippen molar-refractivity contribution in [2.24, 2.45) is 11.8 Å². The molecule has 2 bridgehead atoms. The van der Waals surface area contributed by atoms with E-state index in [4.69, 9.17) is 0 Å². The molecular weight excluding hydrogens is 528 g/mol. The molecular formula is C25H36F4N4O6. The minimum atomic E-state index is -5.07. The second-order valence-corrected chi connectivity index (χ2v) is 11.3. The molecule has 4 fully saturated rings. The van der Waals surface area contributed by atoms with Gasteiger partial charge in [-0.3, -0.25) is 28.7 Å². The average Bonchev–Trinajstić information content (AvgIpc) is 3.26. The molecule has 1 aliphatic heterocycles. The predicted molar refractivity (Wildman–Crippen MR) is 128 cm³/mol. The first-order valence-corrected chi connectivity index (χ1v) is 13.2. The second kappa shape index (κ2) is 12.2. The van der Waals surface area contributed by atoms with Gasteiger partial charge in [0.1, 0.15) is 18.3 Å². The van der Waals surface area contributed by atoms with Crippen molar-refractivity contribution >= 4 is 29.4 Å². The number of ketones is 1. The smallest absolute Gasteiger partial charge is 0.356 e. The summed E-state index contributed by atoms with van der Waals surface area (Å²) in [6.45, 7) is 2.46. The van der Waals surface area contributed by atoms with Crippen LogP contribution in [-0.2, 0) is 28.7 Å². The van der Waals surface area contributed by atoms with E-state index in [0.717, 1.165) is 0 Å². The SMILES string of the molecule is CC(C)C[C@H](NC(=O)C(=O)NC12CCC(F)(CC1)CC2)C(=O)N[C@@H](C[C@@H]1CCNC1=O)C(=O)COC(F)(F)F. The molecule has 0 aromatic rings. The number of ether oxygens (including phenoxy) is 1. The van der Waals surface area contributed by atoms with E-state index in [1.807, 2.05) is 0 Å². The number of alkyl halides is 4. The zero-order valence-corrected chi connectivity index (χ0v) is 22.0. The van der Waals surface area contributed by atoms with E-state index < -0.39 is 71.6 Å². The molecule has 0 spiro atoms. The number of carbonyl (C=O) groups is 5. The first-order valence-electron chi connectivity index (χ1n) is 13.2. The molecule has 14 heteroatoms. The van der Waals surface area contributed by atoms with Gasteiger partial charge in [0.2, 0.25) is 11.8 Å². The number of rotatable bonds is 11. The molecule has 10 nitrogen and oxygen atoms in total. The van der Waals surface area contributed by atoms with Crippen molar-refractivity contribution in [1.29, 1.82) is 0 Å². The molecule has 39 heavy (non-hydrogen) atoms. The van der Waals surface area contributed by atoms with Crippen LogP contribution in [0.1, 0.15) is 71.6 Å². The molecule has 4 amide bonds. The van der Waals surface area contributed by atoms with Crippen LogP contribution in [0.5, 0.6) is 0 Å². The molecule has 4 rings (SSSR count). The quantitative estimate of drug-likeness (QED) is 0.222. The average molecular weight is 565 g/mol. The lowest BCUT2D eigenvalue weighted by Crippen LogP contribution is -2.61. The van der Waals surface area contributed by atoms with E-state index in [9.17, 15) is 41.5 Å². The molecule has 3 saturated carbocycles. The summed E-state index contributed by atoms with van der Waals surface area (Å²) >= 11 is 0. The van der Waals surface area contributed by atoms with Crippen molar-refractivity contribution < 1.29 is 46.3 Å². The highest BCUT2D eigenvalue weighted by atomic mass is 19.4. The molecule has 4 N–H and O–H groups in total. The first kappa shape index (κ1) is 30.8. The van der Waals surface area contributed by atoms with Crippen molar-refractivity contribution in [3.05, 3.63) is 0 Å². The summed E-state index contributed by atoms with van der Waals surface area (Å²) in [6.07, 6.45) is -2.86. The van der Waals surface area contributed by atoms with Crippen molar-refractivity contribution in [1.82, 2.24) is 21.3 Å². The van der Waals surface area contributed by atoms with Gasteiger partial charge in [0, 0.05) is 18.0 Å². The fourth-order valence-corrected chi connectivity index (χ4v) is 5.50. The van der Waals surface area contributed by atoms with E-state index in [0.29, 0.717) is 51.5 Å². The number of Topliss-reactive ketones (excluding diaryl/α,β-unsaturated/α-hetero) is 1. The Kier molecular flexibility index (Phi) is 9.60. The molecule has 3 atom stereocenters. The van der Waals surface area contributed by atoms with Crippen molar-refractivity contribution in [2.45, 2.75) is 101 Å². The van der Waals surface area contributed by atoms with Gasteiger partial charge in [0.15, 0.2) is 5.78 Å². The van der Waals surface area contributed by atoms with E-state index in [-0.39, 0.29) is 18.8 Å². The number of fused-ring (bicyclic) bond motifs is 3. The standard InChI is InChI=1S/C25H36F4N4O6/c1-14(2)11-17(32-21(37)22(38)33-24-7-4-23(26,5-8-24)6-9-24)20(36)31-16(12-15-3-10-30-19(15)35)18(34)13-39-25(27,28)29/h14-17H,3-13H2,1-2H3,(H,30,35)(H,31,36)(H,32,37)(H,33,38)/t15-,16-,17-,23?,24?/m0/s1. The molecule has 0 aromatic carbocycles. The van der Waals surface area contributed by atoms with Crippen molar-refractivity contribution in [2.75, 3.05) is 13.2 Å². The van der Waals surface area contributed by atoms with E-state index >= 15 is 0 Å². The van der Waals surface area contributed by atoms with Crippen LogP contribution in [-0.4, -0.2) is 72.2 Å². The van der Waals surface area contributed by atoms with Gasteiger partial charge < -0.3 is 21.3 Å². The van der Waals surface area contributed by atoms with Gasteiger partial charge in [-0.15, -0.1) is 13.2 Å². The fraction of sp³-hybridized carbons (Fsp3) is 0.800. The van der Waals surface area contributed by atoms with Crippen LogP contribution in [0.2, 0.25) is 0 Å². The summed E-state index contributed by atoms with van der Waals surface area (Å²) in [4.78, 5) is 63.2. The van der Waals surface area contributed by atoms with Gasteiger partial charge >= 0.3 is 18.2 Å². The summed E-state index contributed by atoms with van der Waals surface area (Å²) in [5.41, 5.74) is -1.91. The van der Waals surface area contributed by atoms with Gasteiger partial charge in [-0.25, -0.2) is 4.39 Å². The van der Waals surface area contributed by atoms with Gasteiger partial charge in [-0.05, 0) is 63.7 Å². The highest BCUT2D eigenvalue weighted by Crippen LogP contribution is 2.48. The maximum absolute atomic E-state index is 14.5. The highest BCUT2D eigenvalue weighted by molar-refractivity contribution is 6.35. The van der Waals surface area contributed by atoms with Gasteiger partial charge in [0.25, 0.3) is 0 Å². The van der Waals surface area contributed by atoms with Crippen LogP contribution in [0.4, 0.5) is 17.6 Å². The first-order chi connectivity index (χ1) is 18.1. The molecule has 1 saturated heterocycles. The predicted octanol–water partition coefficient (Wildman–Crippen LogP) is 1.56. The lowest BCUT2D eigenvalue weighted by Gasteiger charge is -2.49. The molecule has 3 aliphatic carbocycles. The summed E-state index contributed by atoms with van der Waals surface area (Å²) in [7, 11) is 0. The lowest BCUT2D eigenvalue weighted by molar-refractivity contribution is -0.321. The van der Waals surface area contributed by atoms with Crippen molar-refractivity contribution in [3.63, 3.8) is 0 Å². The van der Waals surface area contributed by atoms with Gasteiger partial charge in [0.05, 0.1) is 6.04 Å². The van der Waals surface area contributed by atoms with E-state index in [1.54, 1.807) is 13.8 Å². The van der Waals surface area contributed by atoms with Crippen LogP contribution in [0.15, 0.2) is 0 Å². The van der Waals surface area contributed by atoms with Crippen LogP contribution < -0.4 is 21.3 Å². The topological polar surface area (TPSA) is 143 Å². The molecule has 0 aromatic heterocycles. The minimum Gasteiger partial charge on any atom is -0.356 e. The normalized spacial score (nSPS) is 28.0. The number of carbonyl (C=O) groups excluding carboxylic acids is 5. The number of amides is 4. The summed E-state index contributed by atoms with van der Waals surface area (Å²) in [5.74, 6) is -5.29. The van der Waals surface area contributed by atoms with Crippen molar-refractivity contribution in [3.8, 4) is 0 Å². The van der Waals surface area contributed by atoms with Gasteiger partial charge in [-0.1, -0.05) is 13.8 Å². The Bertz CT molecular complexity index is 948. The monoisotopic (exact) mass is 564 g/mol. The third-order valence-corrected chi connectivity index (χ3v) is 7.83. The Morgan fingerprint density at radius 3 is 2.13 bits per heavy atom. The Hall–Kier alpha value is -2.77. The number of hydrogen-bond donors (Lipinski definition) is 4. The Balaban J connectivity index is 1.66. The van der Waals surface area contributed by atoms with Crippen LogP contribution in [0.25, 0.3) is 0 Å². The van der Waals surface area contributed by atoms with Crippen LogP contribution in [0.3, 0.4) is 0 Å². The third kappa shape index (κ3) is 8.61. The maximum atomic E-state index is 14.5. The fourth-order valence-electron chi connectivity index (χ4n) is 5.50. The van der Waals surface area contributed by atoms with Crippen LogP contribution >= 0.6 is 0 Å². The minimum absolute atomic E-state index is 0.0598. The van der Waals surface area contributed by atoms with Crippen LogP contribution in [0, 0.1) is 11.8 Å². The number of halogens is 4. The number of nitrogens with one attached hydrogen (secondary N) is 4. The Morgan fingerprint density at radius 2 is 1.62 bits per heavy atom. The Labute approximate surface area is 223 Å². The van der Waals surface area contributed by atoms with Gasteiger partial charge in [-0.2, -0.15) is 0 Å². The molecule has 0 radical (unpaired) electrons. The Morgan fingerprint density at radius 1 is 1.00 bits per heavy atom. The summed E-state index contributed by atoms with van der Waals surface area (Å²) in [5, 5.41) is 9.99. The highest BCUT2D eigenvalue weighted by Gasteiger charge is 2.50. The zero-order chi connectivity index (χ0) is 29.0. The zero-order valence-electron chi connectivity index (χ0n) is 22.0.